The van der Waals surface area contributed by atoms with E-state index in [0.717, 1.165) is 11.8 Å². The van der Waals surface area contributed by atoms with E-state index in [0.29, 0.717) is 6.04 Å². The molecule has 1 N–H and O–H groups in total. The van der Waals surface area contributed by atoms with Crippen LogP contribution >= 0.6 is 0 Å². The van der Waals surface area contributed by atoms with Crippen LogP contribution in [0.3, 0.4) is 0 Å². The number of fused-ring (bicyclic) bond motifs is 1. The van der Waals surface area contributed by atoms with Crippen LogP contribution in [0.5, 0.6) is 0 Å². The standard InChI is InChI=1S/C7H13NO/c1-9-8-7-3-2-5-4-6(5)7/h5-8H,2-4H2,1H3. The predicted octanol–water partition coefficient (Wildman–Crippen LogP) is 0.936. The van der Waals surface area contributed by atoms with Gasteiger partial charge in [-0.1, -0.05) is 0 Å². The number of rotatable bonds is 2. The summed E-state index contributed by atoms with van der Waals surface area (Å²) >= 11 is 0. The van der Waals surface area contributed by atoms with E-state index in [1.807, 2.05) is 0 Å². The van der Waals surface area contributed by atoms with Crippen LogP contribution in [0.15, 0.2) is 0 Å². The Labute approximate surface area is 55.5 Å². The highest BCUT2D eigenvalue weighted by Gasteiger charge is 2.47. The molecule has 2 heteroatoms. The normalized spacial score (nSPS) is 47.0. The molecule has 2 aliphatic carbocycles. The zero-order valence-corrected chi connectivity index (χ0v) is 5.76. The van der Waals surface area contributed by atoms with Crippen LogP contribution in [-0.4, -0.2) is 13.2 Å². The highest BCUT2D eigenvalue weighted by molar-refractivity contribution is 5.00. The molecule has 2 saturated carbocycles. The van der Waals surface area contributed by atoms with E-state index in [4.69, 9.17) is 4.84 Å². The van der Waals surface area contributed by atoms with E-state index in [2.05, 4.69) is 5.48 Å². The minimum absolute atomic E-state index is 0.681. The third-order valence-electron chi connectivity index (χ3n) is 2.61. The topological polar surface area (TPSA) is 21.3 Å². The molecule has 0 amide bonds. The molecular formula is C7H13NO. The summed E-state index contributed by atoms with van der Waals surface area (Å²) in [5, 5.41) is 0. The molecule has 0 saturated heterocycles. The molecule has 0 radical (unpaired) electrons. The molecule has 0 aromatic rings. The Balaban J connectivity index is 1.84. The van der Waals surface area contributed by atoms with Gasteiger partial charge in [0.05, 0.1) is 7.11 Å². The lowest BCUT2D eigenvalue weighted by Crippen LogP contribution is -2.27. The average molecular weight is 127 g/mol. The fourth-order valence-electron chi connectivity index (χ4n) is 2.00. The monoisotopic (exact) mass is 127 g/mol. The smallest absolute Gasteiger partial charge is 0.0572 e. The molecule has 0 spiro atoms. The van der Waals surface area contributed by atoms with E-state index in [9.17, 15) is 0 Å². The van der Waals surface area contributed by atoms with Crippen LogP contribution in [0, 0.1) is 11.8 Å². The second-order valence-corrected chi connectivity index (χ2v) is 3.17. The van der Waals surface area contributed by atoms with Gasteiger partial charge >= 0.3 is 0 Å². The third-order valence-corrected chi connectivity index (χ3v) is 2.61. The first-order chi connectivity index (χ1) is 4.42. The van der Waals surface area contributed by atoms with Crippen LogP contribution < -0.4 is 5.48 Å². The van der Waals surface area contributed by atoms with Crippen LogP contribution in [0.4, 0.5) is 0 Å². The molecule has 0 aliphatic heterocycles. The van der Waals surface area contributed by atoms with Gasteiger partial charge in [-0.3, -0.25) is 0 Å². The fourth-order valence-corrected chi connectivity index (χ4v) is 2.00. The number of hydrogen-bond donors (Lipinski definition) is 1. The van der Waals surface area contributed by atoms with Crippen molar-refractivity contribution in [3.05, 3.63) is 0 Å². The van der Waals surface area contributed by atoms with Crippen LogP contribution in [0.2, 0.25) is 0 Å². The Morgan fingerprint density at radius 3 is 2.78 bits per heavy atom. The Morgan fingerprint density at radius 2 is 2.33 bits per heavy atom. The minimum atomic E-state index is 0.681. The number of nitrogens with one attached hydrogen (secondary N) is 1. The van der Waals surface area contributed by atoms with Crippen LogP contribution in [0.25, 0.3) is 0 Å². The van der Waals surface area contributed by atoms with Gasteiger partial charge in [0.25, 0.3) is 0 Å². The maximum atomic E-state index is 4.87. The average Bonchev–Trinajstić information content (AvgIpc) is 2.54. The molecule has 0 aromatic carbocycles. The largest absolute Gasteiger partial charge is 0.305 e. The summed E-state index contributed by atoms with van der Waals surface area (Å²) < 4.78 is 0. The predicted molar refractivity (Wildman–Crippen MR) is 34.8 cm³/mol. The van der Waals surface area contributed by atoms with Crippen molar-refractivity contribution in [2.45, 2.75) is 25.3 Å². The van der Waals surface area contributed by atoms with Crippen molar-refractivity contribution in [3.63, 3.8) is 0 Å². The minimum Gasteiger partial charge on any atom is -0.305 e. The van der Waals surface area contributed by atoms with E-state index in [1.165, 1.54) is 19.3 Å². The lowest BCUT2D eigenvalue weighted by Gasteiger charge is -2.10. The SMILES string of the molecule is CONC1CCC2CC21. The fraction of sp³-hybridized carbons (Fsp3) is 1.00. The van der Waals surface area contributed by atoms with Gasteiger partial charge in [-0.05, 0) is 31.1 Å². The molecule has 2 fully saturated rings. The molecule has 52 valence electrons. The van der Waals surface area contributed by atoms with Gasteiger partial charge in [-0.2, -0.15) is 5.48 Å². The molecule has 2 rings (SSSR count). The Morgan fingerprint density at radius 1 is 1.44 bits per heavy atom. The number of hydrogen-bond acceptors (Lipinski definition) is 2. The van der Waals surface area contributed by atoms with Crippen molar-refractivity contribution < 1.29 is 4.84 Å². The zero-order chi connectivity index (χ0) is 6.27. The summed E-state index contributed by atoms with van der Waals surface area (Å²) in [6, 6.07) is 0.681. The van der Waals surface area contributed by atoms with E-state index in [-0.39, 0.29) is 0 Å². The van der Waals surface area contributed by atoms with Crippen LogP contribution in [0.1, 0.15) is 19.3 Å². The molecule has 9 heavy (non-hydrogen) atoms. The van der Waals surface area contributed by atoms with Crippen molar-refractivity contribution >= 4 is 0 Å². The summed E-state index contributed by atoms with van der Waals surface area (Å²) in [5.41, 5.74) is 3.04. The van der Waals surface area contributed by atoms with Crippen molar-refractivity contribution in [1.82, 2.24) is 5.48 Å². The maximum Gasteiger partial charge on any atom is 0.0572 e. The third kappa shape index (κ3) is 0.864. The first-order valence-corrected chi connectivity index (χ1v) is 3.70. The van der Waals surface area contributed by atoms with E-state index in [1.54, 1.807) is 7.11 Å². The molecule has 3 atom stereocenters. The lowest BCUT2D eigenvalue weighted by atomic mass is 10.2. The van der Waals surface area contributed by atoms with Gasteiger partial charge in [0.1, 0.15) is 0 Å². The first kappa shape index (κ1) is 5.69. The quantitative estimate of drug-likeness (QED) is 0.557. The molecule has 0 heterocycles. The molecule has 2 aliphatic rings. The van der Waals surface area contributed by atoms with E-state index < -0.39 is 0 Å². The summed E-state index contributed by atoms with van der Waals surface area (Å²) in [7, 11) is 1.70. The van der Waals surface area contributed by atoms with Crippen molar-refractivity contribution in [3.8, 4) is 0 Å². The van der Waals surface area contributed by atoms with Gasteiger partial charge in [0, 0.05) is 6.04 Å². The molecule has 0 bridgehead atoms. The van der Waals surface area contributed by atoms with Gasteiger partial charge in [-0.25, -0.2) is 0 Å². The van der Waals surface area contributed by atoms with Crippen LogP contribution in [-0.2, 0) is 4.84 Å². The Kier molecular flexibility index (Phi) is 1.24. The van der Waals surface area contributed by atoms with Crippen molar-refractivity contribution in [2.24, 2.45) is 11.8 Å². The second-order valence-electron chi connectivity index (χ2n) is 3.17. The Hall–Kier alpha value is -0.0800. The summed E-state index contributed by atoms with van der Waals surface area (Å²) in [5.74, 6) is 2.02. The summed E-state index contributed by atoms with van der Waals surface area (Å²) in [4.78, 5) is 4.87. The lowest BCUT2D eigenvalue weighted by molar-refractivity contribution is 0.0563. The van der Waals surface area contributed by atoms with Crippen molar-refractivity contribution in [1.29, 1.82) is 0 Å². The zero-order valence-electron chi connectivity index (χ0n) is 5.76. The Bertz CT molecular complexity index is 115. The summed E-state index contributed by atoms with van der Waals surface area (Å²) in [6.45, 7) is 0. The molecule has 2 nitrogen and oxygen atoms in total. The highest BCUT2D eigenvalue weighted by Crippen LogP contribution is 2.51. The first-order valence-electron chi connectivity index (χ1n) is 3.70. The van der Waals surface area contributed by atoms with Gasteiger partial charge in [0.15, 0.2) is 0 Å². The highest BCUT2D eigenvalue weighted by atomic mass is 16.6. The molecule has 0 aromatic heterocycles. The second kappa shape index (κ2) is 1.96. The number of hydroxylamine groups is 1. The van der Waals surface area contributed by atoms with Gasteiger partial charge in [0.2, 0.25) is 0 Å². The van der Waals surface area contributed by atoms with E-state index >= 15 is 0 Å². The molecular weight excluding hydrogens is 114 g/mol. The van der Waals surface area contributed by atoms with Gasteiger partial charge in [-0.15, -0.1) is 0 Å². The van der Waals surface area contributed by atoms with Crippen molar-refractivity contribution in [2.75, 3.05) is 7.11 Å². The maximum absolute atomic E-state index is 4.87. The summed E-state index contributed by atoms with van der Waals surface area (Å²) in [6.07, 6.45) is 4.19. The molecule has 3 unspecified atom stereocenters. The van der Waals surface area contributed by atoms with Gasteiger partial charge < -0.3 is 4.84 Å².